The summed E-state index contributed by atoms with van der Waals surface area (Å²) in [7, 11) is 0. The molecule has 8 heteroatoms. The number of piperidine rings is 1. The van der Waals surface area contributed by atoms with E-state index in [-0.39, 0.29) is 17.9 Å². The van der Waals surface area contributed by atoms with Crippen LogP contribution in [0.5, 0.6) is 0 Å². The van der Waals surface area contributed by atoms with E-state index in [1.54, 1.807) is 18.3 Å². The minimum atomic E-state index is -0.293. The fourth-order valence-electron chi connectivity index (χ4n) is 6.20. The molecule has 2 aromatic carbocycles. The lowest BCUT2D eigenvalue weighted by Crippen LogP contribution is -2.38. The molecular weight excluding hydrogens is 529 g/mol. The maximum atomic E-state index is 15.0. The maximum absolute atomic E-state index is 15.0. The molecule has 1 N–H and O–H groups in total. The summed E-state index contributed by atoms with van der Waals surface area (Å²) in [6.45, 7) is 6.58. The second kappa shape index (κ2) is 10.6. The Morgan fingerprint density at radius 3 is 2.44 bits per heavy atom. The van der Waals surface area contributed by atoms with Crippen LogP contribution >= 0.6 is 23.8 Å². The van der Waals surface area contributed by atoms with E-state index in [2.05, 4.69) is 46.1 Å². The van der Waals surface area contributed by atoms with Crippen molar-refractivity contribution < 1.29 is 4.39 Å². The van der Waals surface area contributed by atoms with Gasteiger partial charge in [0.05, 0.1) is 28.1 Å². The van der Waals surface area contributed by atoms with Crippen molar-refractivity contribution in [3.8, 4) is 5.69 Å². The van der Waals surface area contributed by atoms with Crippen LogP contribution in [0.2, 0.25) is 5.02 Å². The number of rotatable bonds is 5. The van der Waals surface area contributed by atoms with Gasteiger partial charge < -0.3 is 19.7 Å². The molecule has 2 fully saturated rings. The summed E-state index contributed by atoms with van der Waals surface area (Å²) in [5.74, 6) is 0.950. The molecule has 0 bridgehead atoms. The Kier molecular flexibility index (Phi) is 7.04. The topological polar surface area (TPSA) is 36.3 Å². The predicted octanol–water partition coefficient (Wildman–Crippen LogP) is 7.32. The highest BCUT2D eigenvalue weighted by molar-refractivity contribution is 7.80. The number of aromatic nitrogens is 2. The smallest absolute Gasteiger partial charge is 0.174 e. The molecule has 0 radical (unpaired) electrons. The van der Waals surface area contributed by atoms with E-state index in [4.69, 9.17) is 23.8 Å². The van der Waals surface area contributed by atoms with Crippen molar-refractivity contribution in [3.63, 3.8) is 0 Å². The van der Waals surface area contributed by atoms with Crippen LogP contribution in [-0.2, 0) is 0 Å². The third kappa shape index (κ3) is 4.90. The highest BCUT2D eigenvalue weighted by atomic mass is 35.5. The monoisotopic (exact) mass is 559 g/mol. The van der Waals surface area contributed by atoms with Crippen molar-refractivity contribution in [3.05, 3.63) is 107 Å². The second-order valence-electron chi connectivity index (χ2n) is 10.7. The van der Waals surface area contributed by atoms with Crippen LogP contribution in [0, 0.1) is 17.7 Å². The van der Waals surface area contributed by atoms with Gasteiger partial charge in [-0.15, -0.1) is 0 Å². The molecule has 2 aromatic heterocycles. The largest absolute Gasteiger partial charge is 0.370 e. The fourth-order valence-corrected chi connectivity index (χ4v) is 6.84. The number of hydrogen-bond acceptors (Lipinski definition) is 3. The number of nitrogens with zero attached hydrogens (tertiary/aromatic N) is 4. The molecule has 2 saturated heterocycles. The lowest BCUT2D eigenvalue weighted by atomic mass is 9.91. The van der Waals surface area contributed by atoms with Crippen LogP contribution in [0.3, 0.4) is 0 Å². The Hall–Kier alpha value is -3.42. The first kappa shape index (κ1) is 25.8. The van der Waals surface area contributed by atoms with Crippen LogP contribution in [0.1, 0.15) is 43.7 Å². The fraction of sp³-hybridized carbons (Fsp3) is 0.290. The van der Waals surface area contributed by atoms with Crippen molar-refractivity contribution in [2.75, 3.05) is 22.9 Å². The molecule has 200 valence electrons. The standard InChI is InChI=1S/C31H31ClFN5S/c1-20-16-21(2)19-36(18-20)26-13-12-22(17-23(26)32)38-30(29(35-31(38)39)25-9-5-6-14-34-25)28-11-7-15-37(28)27-10-4-3-8-24(27)33/h3-15,17,20-21,29-30H,16,18-19H2,1-2H3,(H,35,39)/t20-,21+,29-,30+/m0/s1. The molecule has 0 saturated carbocycles. The number of benzene rings is 2. The molecule has 0 aliphatic carbocycles. The lowest BCUT2D eigenvalue weighted by Gasteiger charge is -2.37. The summed E-state index contributed by atoms with van der Waals surface area (Å²) in [6.07, 6.45) is 4.90. The van der Waals surface area contributed by atoms with Crippen molar-refractivity contribution in [1.29, 1.82) is 0 Å². The zero-order valence-electron chi connectivity index (χ0n) is 22.0. The van der Waals surface area contributed by atoms with Gasteiger partial charge >= 0.3 is 0 Å². The molecule has 39 heavy (non-hydrogen) atoms. The van der Waals surface area contributed by atoms with E-state index < -0.39 is 0 Å². The Bertz CT molecular complexity index is 1480. The number of nitrogens with one attached hydrogen (secondary N) is 1. The van der Waals surface area contributed by atoms with Gasteiger partial charge in [0, 0.05) is 36.9 Å². The van der Waals surface area contributed by atoms with Gasteiger partial charge in [0.25, 0.3) is 0 Å². The Labute approximate surface area is 239 Å². The van der Waals surface area contributed by atoms with Gasteiger partial charge in [-0.3, -0.25) is 4.98 Å². The summed E-state index contributed by atoms with van der Waals surface area (Å²) in [5.41, 5.74) is 4.15. The number of pyridine rings is 1. The van der Waals surface area contributed by atoms with Crippen LogP contribution in [0.4, 0.5) is 15.8 Å². The molecule has 0 spiro atoms. The normalized spacial score (nSPS) is 23.2. The van der Waals surface area contributed by atoms with Gasteiger partial charge in [0.15, 0.2) is 5.11 Å². The van der Waals surface area contributed by atoms with Gasteiger partial charge in [-0.05, 0) is 85.1 Å². The van der Waals surface area contributed by atoms with Crippen LogP contribution in [0.25, 0.3) is 5.69 Å². The average Bonchev–Trinajstić information content (AvgIpc) is 3.53. The second-order valence-corrected chi connectivity index (χ2v) is 11.5. The molecule has 4 atom stereocenters. The lowest BCUT2D eigenvalue weighted by molar-refractivity contribution is 0.357. The Balaban J connectivity index is 1.43. The third-order valence-corrected chi connectivity index (χ3v) is 8.33. The van der Waals surface area contributed by atoms with E-state index in [0.717, 1.165) is 35.9 Å². The molecule has 2 aliphatic heterocycles. The quantitative estimate of drug-likeness (QED) is 0.259. The summed E-state index contributed by atoms with van der Waals surface area (Å²) in [5, 5.41) is 4.76. The number of thiocarbonyl (C=S) groups is 1. The van der Waals surface area contributed by atoms with Crippen molar-refractivity contribution in [2.24, 2.45) is 11.8 Å². The molecule has 0 unspecified atom stereocenters. The number of anilines is 2. The minimum absolute atomic E-state index is 0.249. The molecule has 4 heterocycles. The zero-order valence-corrected chi connectivity index (χ0v) is 23.5. The Morgan fingerprint density at radius 1 is 0.949 bits per heavy atom. The van der Waals surface area contributed by atoms with E-state index >= 15 is 0 Å². The number of para-hydroxylation sites is 1. The van der Waals surface area contributed by atoms with Crippen LogP contribution in [0.15, 0.2) is 85.2 Å². The molecule has 4 aromatic rings. The van der Waals surface area contributed by atoms with Gasteiger partial charge in [-0.25, -0.2) is 4.39 Å². The Morgan fingerprint density at radius 2 is 1.72 bits per heavy atom. The van der Waals surface area contributed by atoms with Crippen molar-refractivity contribution in [2.45, 2.75) is 32.4 Å². The van der Waals surface area contributed by atoms with Gasteiger partial charge in [0.1, 0.15) is 11.9 Å². The maximum Gasteiger partial charge on any atom is 0.174 e. The molecule has 6 rings (SSSR count). The van der Waals surface area contributed by atoms with E-state index in [0.29, 0.717) is 27.7 Å². The first-order chi connectivity index (χ1) is 18.9. The van der Waals surface area contributed by atoms with Gasteiger partial charge in [-0.2, -0.15) is 0 Å². The zero-order chi connectivity index (χ0) is 27.1. The summed E-state index contributed by atoms with van der Waals surface area (Å²) in [6, 6.07) is 22.3. The van der Waals surface area contributed by atoms with E-state index in [9.17, 15) is 4.39 Å². The first-order valence-electron chi connectivity index (χ1n) is 13.4. The highest BCUT2D eigenvalue weighted by Gasteiger charge is 2.42. The number of halogens is 2. The highest BCUT2D eigenvalue weighted by Crippen LogP contribution is 2.44. The summed E-state index contributed by atoms with van der Waals surface area (Å²) >= 11 is 12.9. The van der Waals surface area contributed by atoms with Gasteiger partial charge in [-0.1, -0.05) is 43.6 Å². The van der Waals surface area contributed by atoms with Crippen molar-refractivity contribution >= 4 is 40.3 Å². The van der Waals surface area contributed by atoms with E-state index in [1.165, 1.54) is 12.5 Å². The number of hydrogen-bond donors (Lipinski definition) is 1. The summed E-state index contributed by atoms with van der Waals surface area (Å²) < 4.78 is 16.8. The average molecular weight is 560 g/mol. The first-order valence-corrected chi connectivity index (χ1v) is 14.2. The van der Waals surface area contributed by atoms with Gasteiger partial charge in [0.2, 0.25) is 0 Å². The molecule has 0 amide bonds. The summed E-state index contributed by atoms with van der Waals surface area (Å²) in [4.78, 5) is 9.12. The third-order valence-electron chi connectivity index (χ3n) is 7.71. The molecular formula is C31H31ClFN5S. The van der Waals surface area contributed by atoms with Crippen molar-refractivity contribution in [1.82, 2.24) is 14.9 Å². The van der Waals surface area contributed by atoms with E-state index in [1.807, 2.05) is 53.2 Å². The molecule has 2 aliphatic rings. The predicted molar refractivity (Wildman–Crippen MR) is 160 cm³/mol. The van der Waals surface area contributed by atoms with Crippen LogP contribution < -0.4 is 15.1 Å². The minimum Gasteiger partial charge on any atom is -0.370 e. The SMILES string of the molecule is C[C@@H]1C[C@H](C)CN(c2ccc(N3C(=S)N[C@@H](c4ccccn4)[C@H]3c3cccn3-c3ccccc3F)cc2Cl)C1. The molecule has 5 nitrogen and oxygen atoms in total. The van der Waals surface area contributed by atoms with Crippen LogP contribution in [-0.4, -0.2) is 27.8 Å².